The molecular weight excluding hydrogens is 500 g/mol. The number of benzene rings is 3. The van der Waals surface area contributed by atoms with E-state index in [1.54, 1.807) is 24.3 Å². The molecule has 194 valence electrons. The Morgan fingerprint density at radius 2 is 1.58 bits per heavy atom. The highest BCUT2D eigenvalue weighted by Crippen LogP contribution is 2.44. The van der Waals surface area contributed by atoms with Crippen LogP contribution in [-0.2, 0) is 9.53 Å². The third-order valence-corrected chi connectivity index (χ3v) is 6.66. The summed E-state index contributed by atoms with van der Waals surface area (Å²) in [5.74, 6) is -4.70. The van der Waals surface area contributed by atoms with Crippen molar-refractivity contribution in [2.75, 3.05) is 6.61 Å². The van der Waals surface area contributed by atoms with Crippen LogP contribution in [0.15, 0.2) is 77.4 Å². The Kier molecular flexibility index (Phi) is 7.09. The molecule has 0 spiro atoms. The highest BCUT2D eigenvalue weighted by Gasteiger charge is 2.44. The van der Waals surface area contributed by atoms with Crippen molar-refractivity contribution in [1.29, 1.82) is 0 Å². The Balaban J connectivity index is 1.43. The minimum absolute atomic E-state index is 0.199. The van der Waals surface area contributed by atoms with Crippen LogP contribution in [0.3, 0.4) is 0 Å². The Bertz CT molecular complexity index is 1440. The second-order valence-electron chi connectivity index (χ2n) is 9.14. The maximum atomic E-state index is 14.0. The molecule has 1 aliphatic heterocycles. The first-order chi connectivity index (χ1) is 18.3. The molecule has 2 aliphatic rings. The summed E-state index contributed by atoms with van der Waals surface area (Å²) < 4.78 is 59.2. The largest absolute Gasteiger partial charge is 0.452 e. The number of ether oxygens (including phenoxy) is 1. The number of halogens is 4. The van der Waals surface area contributed by atoms with E-state index >= 15 is 0 Å². The molecule has 9 heteroatoms. The van der Waals surface area contributed by atoms with E-state index < -0.39 is 47.5 Å². The van der Waals surface area contributed by atoms with Crippen LogP contribution >= 0.6 is 0 Å². The molecule has 1 heterocycles. The maximum absolute atomic E-state index is 14.0. The quantitative estimate of drug-likeness (QED) is 0.295. The second kappa shape index (κ2) is 10.6. The van der Waals surface area contributed by atoms with Gasteiger partial charge in [0.15, 0.2) is 6.61 Å². The lowest BCUT2D eigenvalue weighted by atomic mass is 9.77. The van der Waals surface area contributed by atoms with E-state index in [2.05, 4.69) is 5.10 Å². The first kappa shape index (κ1) is 25.4. The predicted octanol–water partition coefficient (Wildman–Crippen LogP) is 6.22. The van der Waals surface area contributed by atoms with Gasteiger partial charge in [-0.1, -0.05) is 24.3 Å². The van der Waals surface area contributed by atoms with Gasteiger partial charge in [0, 0.05) is 12.0 Å². The number of fused-ring (bicyclic) bond motifs is 1. The molecule has 1 saturated carbocycles. The zero-order valence-electron chi connectivity index (χ0n) is 20.0. The van der Waals surface area contributed by atoms with Crippen molar-refractivity contribution in [3.05, 3.63) is 112 Å². The first-order valence-corrected chi connectivity index (χ1v) is 12.0. The molecule has 3 aromatic rings. The molecule has 2 unspecified atom stereocenters. The summed E-state index contributed by atoms with van der Waals surface area (Å²) in [6.07, 6.45) is 4.13. The fourth-order valence-electron chi connectivity index (χ4n) is 4.89. The average Bonchev–Trinajstić information content (AvgIpc) is 3.30. The number of carbonyl (C=O) groups excluding carboxylic acids is 2. The van der Waals surface area contributed by atoms with Crippen molar-refractivity contribution in [2.45, 2.75) is 25.3 Å². The summed E-state index contributed by atoms with van der Waals surface area (Å²) in [5.41, 5.74) is 2.51. The van der Waals surface area contributed by atoms with Crippen LogP contribution in [-0.4, -0.2) is 29.2 Å². The van der Waals surface area contributed by atoms with Crippen molar-refractivity contribution < 1.29 is 31.9 Å². The third kappa shape index (κ3) is 5.22. The number of hydrogen-bond donors (Lipinski definition) is 0. The first-order valence-electron chi connectivity index (χ1n) is 12.0. The maximum Gasteiger partial charge on any atom is 0.341 e. The summed E-state index contributed by atoms with van der Waals surface area (Å²) in [4.78, 5) is 25.6. The van der Waals surface area contributed by atoms with Gasteiger partial charge in [-0.05, 0) is 78.4 Å². The van der Waals surface area contributed by atoms with Gasteiger partial charge in [-0.15, -0.1) is 0 Å². The minimum atomic E-state index is -1.12. The summed E-state index contributed by atoms with van der Waals surface area (Å²) in [5, 5.41) is 5.84. The predicted molar refractivity (Wildman–Crippen MR) is 132 cm³/mol. The minimum Gasteiger partial charge on any atom is -0.452 e. The SMILES string of the molecule is O=C(OCC(=O)N1N=C2/C(=C\c3ccc(F)cc3)CCCC2C1c1ccc(F)cc1)c1ccc(F)cc1F. The Morgan fingerprint density at radius 1 is 0.921 bits per heavy atom. The van der Waals surface area contributed by atoms with Crippen molar-refractivity contribution in [2.24, 2.45) is 11.0 Å². The lowest BCUT2D eigenvalue weighted by Gasteiger charge is -2.29. The van der Waals surface area contributed by atoms with E-state index in [0.29, 0.717) is 30.2 Å². The Labute approximate surface area is 216 Å². The molecule has 3 aromatic carbocycles. The van der Waals surface area contributed by atoms with E-state index in [-0.39, 0.29) is 11.7 Å². The Morgan fingerprint density at radius 3 is 2.26 bits per heavy atom. The number of nitrogens with zero attached hydrogens (tertiary/aromatic N) is 2. The molecule has 38 heavy (non-hydrogen) atoms. The lowest BCUT2D eigenvalue weighted by Crippen LogP contribution is -2.34. The van der Waals surface area contributed by atoms with Crippen LogP contribution in [0, 0.1) is 29.2 Å². The van der Waals surface area contributed by atoms with Crippen LogP contribution < -0.4 is 0 Å². The number of amides is 1. The zero-order valence-corrected chi connectivity index (χ0v) is 20.0. The number of hydrogen-bond acceptors (Lipinski definition) is 4. The van der Waals surface area contributed by atoms with E-state index in [4.69, 9.17) is 4.74 Å². The molecular formula is C29H22F4N2O3. The molecule has 2 atom stereocenters. The molecule has 0 bridgehead atoms. The highest BCUT2D eigenvalue weighted by atomic mass is 19.1. The van der Waals surface area contributed by atoms with Crippen LogP contribution in [0.4, 0.5) is 17.6 Å². The van der Waals surface area contributed by atoms with Gasteiger partial charge in [-0.2, -0.15) is 5.10 Å². The van der Waals surface area contributed by atoms with E-state index in [0.717, 1.165) is 29.7 Å². The number of esters is 1. The van der Waals surface area contributed by atoms with Crippen LogP contribution in [0.1, 0.15) is 46.8 Å². The van der Waals surface area contributed by atoms with Crippen molar-refractivity contribution in [3.63, 3.8) is 0 Å². The molecule has 5 nitrogen and oxygen atoms in total. The molecule has 0 aromatic heterocycles. The van der Waals surface area contributed by atoms with Crippen LogP contribution in [0.5, 0.6) is 0 Å². The van der Waals surface area contributed by atoms with E-state index in [1.165, 1.54) is 29.3 Å². The van der Waals surface area contributed by atoms with Crippen LogP contribution in [0.25, 0.3) is 6.08 Å². The topological polar surface area (TPSA) is 59.0 Å². The van der Waals surface area contributed by atoms with Crippen LogP contribution in [0.2, 0.25) is 0 Å². The van der Waals surface area contributed by atoms with Gasteiger partial charge in [-0.25, -0.2) is 27.4 Å². The normalized spacial score (nSPS) is 19.7. The van der Waals surface area contributed by atoms with Gasteiger partial charge < -0.3 is 4.74 Å². The van der Waals surface area contributed by atoms with Gasteiger partial charge in [0.2, 0.25) is 0 Å². The average molecular weight is 522 g/mol. The van der Waals surface area contributed by atoms with Gasteiger partial charge in [0.25, 0.3) is 5.91 Å². The molecule has 0 saturated heterocycles. The van der Waals surface area contributed by atoms with Gasteiger partial charge in [0.1, 0.15) is 23.3 Å². The monoisotopic (exact) mass is 522 g/mol. The molecule has 0 radical (unpaired) electrons. The molecule has 5 rings (SSSR count). The van der Waals surface area contributed by atoms with Gasteiger partial charge in [-0.3, -0.25) is 4.79 Å². The van der Waals surface area contributed by atoms with E-state index in [1.807, 2.05) is 6.08 Å². The molecule has 1 fully saturated rings. The second-order valence-corrected chi connectivity index (χ2v) is 9.14. The number of carbonyl (C=O) groups is 2. The lowest BCUT2D eigenvalue weighted by molar-refractivity contribution is -0.137. The van der Waals surface area contributed by atoms with E-state index in [9.17, 15) is 27.2 Å². The zero-order chi connectivity index (χ0) is 26.8. The highest BCUT2D eigenvalue weighted by molar-refractivity contribution is 6.08. The summed E-state index contributed by atoms with van der Waals surface area (Å²) in [6, 6.07) is 13.6. The molecule has 1 amide bonds. The van der Waals surface area contributed by atoms with Gasteiger partial charge >= 0.3 is 5.97 Å². The Hall–Kier alpha value is -4.27. The number of hydrazone groups is 1. The van der Waals surface area contributed by atoms with Crippen molar-refractivity contribution in [1.82, 2.24) is 5.01 Å². The van der Waals surface area contributed by atoms with Crippen molar-refractivity contribution in [3.8, 4) is 0 Å². The fourth-order valence-corrected chi connectivity index (χ4v) is 4.89. The summed E-state index contributed by atoms with van der Waals surface area (Å²) in [7, 11) is 0. The molecule has 1 aliphatic carbocycles. The summed E-state index contributed by atoms with van der Waals surface area (Å²) in [6.45, 7) is -0.728. The van der Waals surface area contributed by atoms with Gasteiger partial charge in [0.05, 0.1) is 17.3 Å². The molecule has 0 N–H and O–H groups in total. The summed E-state index contributed by atoms with van der Waals surface area (Å²) >= 11 is 0. The smallest absolute Gasteiger partial charge is 0.341 e. The standard InChI is InChI=1S/C29H22F4N2O3/c30-20-8-4-17(5-9-20)14-19-2-1-3-24-27(19)34-35(28(24)18-6-10-21(31)11-7-18)26(36)16-38-29(37)23-13-12-22(32)15-25(23)33/h4-15,24,28H,1-3,16H2/b19-14-. The number of rotatable bonds is 5. The third-order valence-electron chi connectivity index (χ3n) is 6.66. The fraction of sp³-hybridized carbons (Fsp3) is 0.207. The van der Waals surface area contributed by atoms with Crippen molar-refractivity contribution >= 4 is 23.7 Å². The number of allylic oxidation sites excluding steroid dienone is 1.